The van der Waals surface area contributed by atoms with Gasteiger partial charge in [0.05, 0.1) is 6.10 Å². The van der Waals surface area contributed by atoms with Gasteiger partial charge in [-0.15, -0.1) is 0 Å². The van der Waals surface area contributed by atoms with Crippen LogP contribution in [0.15, 0.2) is 18.2 Å². The molecule has 0 aliphatic heterocycles. The number of aliphatic hydroxyl groups excluding tert-OH is 1. The highest BCUT2D eigenvalue weighted by atomic mass is 35.5. The van der Waals surface area contributed by atoms with Gasteiger partial charge in [-0.25, -0.2) is 0 Å². The van der Waals surface area contributed by atoms with Crippen molar-refractivity contribution in [1.29, 1.82) is 0 Å². The molecule has 0 saturated heterocycles. The van der Waals surface area contributed by atoms with Gasteiger partial charge in [-0.3, -0.25) is 4.79 Å². The van der Waals surface area contributed by atoms with E-state index >= 15 is 0 Å². The van der Waals surface area contributed by atoms with E-state index in [1.165, 1.54) is 0 Å². The van der Waals surface area contributed by atoms with Crippen LogP contribution in [0, 0.1) is 5.41 Å². The molecule has 0 fully saturated rings. The Morgan fingerprint density at radius 3 is 2.74 bits per heavy atom. The fraction of sp³-hybridized carbons (Fsp3) is 0.533. The van der Waals surface area contributed by atoms with Crippen LogP contribution in [0.2, 0.25) is 5.02 Å². The highest BCUT2D eigenvalue weighted by molar-refractivity contribution is 6.30. The van der Waals surface area contributed by atoms with E-state index in [-0.39, 0.29) is 17.3 Å². The molecule has 104 valence electrons. The van der Waals surface area contributed by atoms with Crippen LogP contribution in [-0.4, -0.2) is 17.2 Å². The maximum absolute atomic E-state index is 11.9. The topological polar surface area (TPSA) is 46.5 Å². The lowest BCUT2D eigenvalue weighted by Crippen LogP contribution is -2.32. The second-order valence-electron chi connectivity index (χ2n) is 6.04. The Hall–Kier alpha value is -0.900. The molecular weight excluding hydrogens is 264 g/mol. The first kappa shape index (κ1) is 14.5. The number of aliphatic hydroxyl groups is 1. The van der Waals surface area contributed by atoms with E-state index in [4.69, 9.17) is 16.3 Å². The number of rotatable bonds is 2. The molecule has 0 saturated carbocycles. The lowest BCUT2D eigenvalue weighted by molar-refractivity contribution is -0.191. The van der Waals surface area contributed by atoms with E-state index in [0.29, 0.717) is 23.4 Å². The molecule has 3 nitrogen and oxygen atoms in total. The SMILES string of the molecule is CC(C)(C)C(O)OC1CCC(=O)c2ccc(Cl)cc21. The molecule has 1 aliphatic carbocycles. The van der Waals surface area contributed by atoms with Crippen LogP contribution in [-0.2, 0) is 4.74 Å². The van der Waals surface area contributed by atoms with Crippen LogP contribution < -0.4 is 0 Å². The van der Waals surface area contributed by atoms with Crippen LogP contribution in [0.5, 0.6) is 0 Å². The molecule has 2 rings (SSSR count). The van der Waals surface area contributed by atoms with E-state index in [9.17, 15) is 9.90 Å². The van der Waals surface area contributed by atoms with Gasteiger partial charge in [0.15, 0.2) is 12.1 Å². The maximum Gasteiger partial charge on any atom is 0.163 e. The van der Waals surface area contributed by atoms with E-state index in [1.807, 2.05) is 20.8 Å². The molecule has 2 unspecified atom stereocenters. The van der Waals surface area contributed by atoms with E-state index in [2.05, 4.69) is 0 Å². The molecule has 1 aliphatic rings. The molecular formula is C15H19ClO3. The summed E-state index contributed by atoms with van der Waals surface area (Å²) in [5.74, 6) is 0.108. The van der Waals surface area contributed by atoms with Crippen molar-refractivity contribution in [3.63, 3.8) is 0 Å². The molecule has 0 bridgehead atoms. The van der Waals surface area contributed by atoms with Crippen molar-refractivity contribution in [2.75, 3.05) is 0 Å². The summed E-state index contributed by atoms with van der Waals surface area (Å²) in [5.41, 5.74) is 1.08. The Bertz CT molecular complexity index is 491. The van der Waals surface area contributed by atoms with Crippen molar-refractivity contribution in [3.05, 3.63) is 34.3 Å². The smallest absolute Gasteiger partial charge is 0.163 e. The number of benzene rings is 1. The molecule has 4 heteroatoms. The van der Waals surface area contributed by atoms with Crippen LogP contribution in [0.25, 0.3) is 0 Å². The van der Waals surface area contributed by atoms with Crippen molar-refractivity contribution in [2.45, 2.75) is 46.0 Å². The highest BCUT2D eigenvalue weighted by Crippen LogP contribution is 2.36. The van der Waals surface area contributed by atoms with Crippen molar-refractivity contribution >= 4 is 17.4 Å². The highest BCUT2D eigenvalue weighted by Gasteiger charge is 2.31. The van der Waals surface area contributed by atoms with Gasteiger partial charge in [0, 0.05) is 22.4 Å². The largest absolute Gasteiger partial charge is 0.367 e. The Balaban J connectivity index is 2.28. The molecule has 1 aromatic rings. The van der Waals surface area contributed by atoms with Gasteiger partial charge in [-0.2, -0.15) is 0 Å². The Morgan fingerprint density at radius 1 is 1.42 bits per heavy atom. The molecule has 19 heavy (non-hydrogen) atoms. The minimum absolute atomic E-state index is 0.108. The van der Waals surface area contributed by atoms with Crippen molar-refractivity contribution in [2.24, 2.45) is 5.41 Å². The van der Waals surface area contributed by atoms with E-state index in [1.54, 1.807) is 18.2 Å². The second-order valence-corrected chi connectivity index (χ2v) is 6.47. The summed E-state index contributed by atoms with van der Waals surface area (Å²) in [4.78, 5) is 11.9. The zero-order chi connectivity index (χ0) is 14.2. The number of Topliss-reactive ketones (excluding diaryl/α,β-unsaturated/α-hetero) is 1. The van der Waals surface area contributed by atoms with Crippen molar-refractivity contribution in [3.8, 4) is 0 Å². The Morgan fingerprint density at radius 2 is 2.11 bits per heavy atom. The summed E-state index contributed by atoms with van der Waals surface area (Å²) in [6, 6.07) is 5.20. The number of ether oxygens (including phenoxy) is 1. The van der Waals surface area contributed by atoms with E-state index in [0.717, 1.165) is 5.56 Å². The molecule has 0 amide bonds. The van der Waals surface area contributed by atoms with Gasteiger partial charge in [0.1, 0.15) is 0 Å². The molecule has 0 spiro atoms. The summed E-state index contributed by atoms with van der Waals surface area (Å²) in [6.45, 7) is 5.72. The first-order chi connectivity index (χ1) is 8.79. The van der Waals surface area contributed by atoms with Crippen LogP contribution in [0.3, 0.4) is 0 Å². The predicted octanol–water partition coefficient (Wildman–Crippen LogP) is 3.74. The van der Waals surface area contributed by atoms with Gasteiger partial charge in [-0.05, 0) is 30.2 Å². The molecule has 2 atom stereocenters. The zero-order valence-electron chi connectivity index (χ0n) is 11.4. The van der Waals surface area contributed by atoms with Crippen LogP contribution in [0.1, 0.15) is 55.6 Å². The summed E-state index contributed by atoms with van der Waals surface area (Å²) in [5, 5.41) is 10.6. The molecule has 1 aromatic carbocycles. The Labute approximate surface area is 118 Å². The van der Waals surface area contributed by atoms with Gasteiger partial charge in [-0.1, -0.05) is 32.4 Å². The first-order valence-corrected chi connectivity index (χ1v) is 6.83. The molecule has 0 aromatic heterocycles. The van der Waals surface area contributed by atoms with Crippen molar-refractivity contribution in [1.82, 2.24) is 0 Å². The Kier molecular flexibility index (Phi) is 4.00. The third-order valence-corrected chi connectivity index (χ3v) is 3.56. The number of ketones is 1. The standard InChI is InChI=1S/C15H19ClO3/c1-15(2,3)14(18)19-13-7-6-12(17)10-5-4-9(16)8-11(10)13/h4-5,8,13-14,18H,6-7H2,1-3H3. The molecule has 1 N–H and O–H groups in total. The average Bonchev–Trinajstić information content (AvgIpc) is 2.31. The van der Waals surface area contributed by atoms with Gasteiger partial charge >= 0.3 is 0 Å². The monoisotopic (exact) mass is 282 g/mol. The first-order valence-electron chi connectivity index (χ1n) is 6.45. The average molecular weight is 283 g/mol. The van der Waals surface area contributed by atoms with Crippen molar-refractivity contribution < 1.29 is 14.6 Å². The van der Waals surface area contributed by atoms with Crippen LogP contribution in [0.4, 0.5) is 0 Å². The summed E-state index contributed by atoms with van der Waals surface area (Å²) < 4.78 is 5.73. The zero-order valence-corrected chi connectivity index (χ0v) is 12.2. The number of carbonyl (C=O) groups is 1. The quantitative estimate of drug-likeness (QED) is 0.841. The van der Waals surface area contributed by atoms with Crippen LogP contribution >= 0.6 is 11.6 Å². The lowest BCUT2D eigenvalue weighted by atomic mass is 9.88. The number of carbonyl (C=O) groups excluding carboxylic acids is 1. The molecule has 0 radical (unpaired) electrons. The lowest BCUT2D eigenvalue weighted by Gasteiger charge is -2.32. The summed E-state index contributed by atoms with van der Waals surface area (Å²) in [7, 11) is 0. The van der Waals surface area contributed by atoms with E-state index < -0.39 is 6.29 Å². The summed E-state index contributed by atoms with van der Waals surface area (Å²) >= 11 is 5.99. The normalized spacial score (nSPS) is 21.1. The third-order valence-electron chi connectivity index (χ3n) is 3.33. The third kappa shape index (κ3) is 3.16. The number of fused-ring (bicyclic) bond motifs is 1. The number of hydrogen-bond acceptors (Lipinski definition) is 3. The summed E-state index contributed by atoms with van der Waals surface area (Å²) in [6.07, 6.45) is -0.131. The fourth-order valence-electron chi connectivity index (χ4n) is 2.11. The number of halogens is 1. The minimum Gasteiger partial charge on any atom is -0.367 e. The fourth-order valence-corrected chi connectivity index (χ4v) is 2.29. The van der Waals surface area contributed by atoms with Gasteiger partial charge in [0.25, 0.3) is 0 Å². The number of hydrogen-bond donors (Lipinski definition) is 1. The molecule has 0 heterocycles. The van der Waals surface area contributed by atoms with Gasteiger partial charge in [0.2, 0.25) is 0 Å². The minimum atomic E-state index is -0.877. The van der Waals surface area contributed by atoms with Gasteiger partial charge < -0.3 is 9.84 Å². The second kappa shape index (κ2) is 5.23. The predicted molar refractivity (Wildman–Crippen MR) is 74.3 cm³/mol. The maximum atomic E-state index is 11.9.